The van der Waals surface area contributed by atoms with Crippen LogP contribution in [0.15, 0.2) is 24.4 Å². The van der Waals surface area contributed by atoms with Crippen molar-refractivity contribution in [1.29, 1.82) is 0 Å². The number of nitrogens with zero attached hydrogens (tertiary/aromatic N) is 2. The molecule has 0 radical (unpaired) electrons. The summed E-state index contributed by atoms with van der Waals surface area (Å²) in [6.45, 7) is 3.04. The van der Waals surface area contributed by atoms with Crippen LogP contribution < -0.4 is 14.8 Å². The molecule has 1 saturated heterocycles. The van der Waals surface area contributed by atoms with E-state index in [0.29, 0.717) is 10.9 Å². The fourth-order valence-corrected chi connectivity index (χ4v) is 4.51. The molecule has 2 aromatic rings. The summed E-state index contributed by atoms with van der Waals surface area (Å²) < 4.78 is 10.8. The van der Waals surface area contributed by atoms with E-state index in [2.05, 4.69) is 10.3 Å². The first-order valence-corrected chi connectivity index (χ1v) is 10.5. The standard InChI is InChI=1S/C20H23N3O3S/c24-20(23-7-5-15(6-8-23)21-10-13-1-2-13)18-11-22-19(27-18)14-3-4-16-17(9-14)26-12-25-16/h3-4,9,11,13,15,21H,1-2,5-8,10,12H2. The molecule has 0 unspecified atom stereocenters. The molecule has 142 valence electrons. The van der Waals surface area contributed by atoms with E-state index in [4.69, 9.17) is 9.47 Å². The van der Waals surface area contributed by atoms with E-state index >= 15 is 0 Å². The van der Waals surface area contributed by atoms with Crippen molar-refractivity contribution in [3.63, 3.8) is 0 Å². The average Bonchev–Trinajstić information content (AvgIpc) is 3.20. The second-order valence-corrected chi connectivity index (χ2v) is 8.55. The first-order chi connectivity index (χ1) is 13.3. The van der Waals surface area contributed by atoms with E-state index in [-0.39, 0.29) is 12.7 Å². The number of hydrogen-bond donors (Lipinski definition) is 1. The number of carbonyl (C=O) groups excluding carboxylic acids is 1. The molecule has 7 heteroatoms. The molecule has 3 aliphatic rings. The van der Waals surface area contributed by atoms with Crippen molar-refractivity contribution in [2.75, 3.05) is 26.4 Å². The van der Waals surface area contributed by atoms with Crippen LogP contribution >= 0.6 is 11.3 Å². The van der Waals surface area contributed by atoms with Gasteiger partial charge >= 0.3 is 0 Å². The van der Waals surface area contributed by atoms with Gasteiger partial charge in [-0.2, -0.15) is 0 Å². The smallest absolute Gasteiger partial charge is 0.265 e. The lowest BCUT2D eigenvalue weighted by Gasteiger charge is -2.32. The van der Waals surface area contributed by atoms with Gasteiger partial charge in [-0.25, -0.2) is 4.98 Å². The van der Waals surface area contributed by atoms with Gasteiger partial charge in [0.05, 0.1) is 6.20 Å². The molecule has 0 bridgehead atoms. The summed E-state index contributed by atoms with van der Waals surface area (Å²) in [6.07, 6.45) is 6.52. The molecule has 5 rings (SSSR count). The first kappa shape index (κ1) is 17.0. The van der Waals surface area contributed by atoms with Crippen LogP contribution in [0.5, 0.6) is 11.5 Å². The summed E-state index contributed by atoms with van der Waals surface area (Å²) in [6, 6.07) is 6.32. The van der Waals surface area contributed by atoms with E-state index in [0.717, 1.165) is 60.5 Å². The number of fused-ring (bicyclic) bond motifs is 1. The molecule has 1 saturated carbocycles. The maximum atomic E-state index is 12.8. The third-order valence-corrected chi connectivity index (χ3v) is 6.54. The van der Waals surface area contributed by atoms with Crippen molar-refractivity contribution < 1.29 is 14.3 Å². The van der Waals surface area contributed by atoms with E-state index in [9.17, 15) is 4.79 Å². The van der Waals surface area contributed by atoms with Gasteiger partial charge in [-0.1, -0.05) is 0 Å². The largest absolute Gasteiger partial charge is 0.454 e. The van der Waals surface area contributed by atoms with Gasteiger partial charge in [0.2, 0.25) is 6.79 Å². The molecule has 0 atom stereocenters. The molecule has 2 fully saturated rings. The van der Waals surface area contributed by atoms with Crippen LogP contribution in [0.25, 0.3) is 10.6 Å². The number of likely N-dealkylation sites (tertiary alicyclic amines) is 1. The zero-order valence-corrected chi connectivity index (χ0v) is 16.0. The predicted octanol–water partition coefficient (Wildman–Crippen LogP) is 3.14. The van der Waals surface area contributed by atoms with E-state index < -0.39 is 0 Å². The van der Waals surface area contributed by atoms with Gasteiger partial charge in [0.25, 0.3) is 5.91 Å². The molecule has 1 aromatic heterocycles. The predicted molar refractivity (Wildman–Crippen MR) is 103 cm³/mol. The number of nitrogens with one attached hydrogen (secondary N) is 1. The van der Waals surface area contributed by atoms with Crippen molar-refractivity contribution in [3.8, 4) is 22.1 Å². The summed E-state index contributed by atoms with van der Waals surface area (Å²) in [5.74, 6) is 2.48. The highest BCUT2D eigenvalue weighted by molar-refractivity contribution is 7.16. The van der Waals surface area contributed by atoms with Crippen LogP contribution in [-0.2, 0) is 0 Å². The monoisotopic (exact) mass is 385 g/mol. The van der Waals surface area contributed by atoms with Gasteiger partial charge < -0.3 is 19.7 Å². The van der Waals surface area contributed by atoms with Crippen molar-refractivity contribution >= 4 is 17.2 Å². The SMILES string of the molecule is O=C(c1cnc(-c2ccc3c(c2)OCO3)s1)N1CCC(NCC2CC2)CC1. The Kier molecular flexibility index (Phi) is 4.49. The minimum atomic E-state index is 0.0973. The minimum Gasteiger partial charge on any atom is -0.454 e. The molecule has 27 heavy (non-hydrogen) atoms. The number of benzene rings is 1. The van der Waals surface area contributed by atoms with Crippen LogP contribution in [0.1, 0.15) is 35.4 Å². The highest BCUT2D eigenvalue weighted by Gasteiger charge is 2.27. The average molecular weight is 385 g/mol. The van der Waals surface area contributed by atoms with Crippen molar-refractivity contribution in [3.05, 3.63) is 29.3 Å². The van der Waals surface area contributed by atoms with Crippen LogP contribution in [0.3, 0.4) is 0 Å². The lowest BCUT2D eigenvalue weighted by molar-refractivity contribution is 0.0709. The molecular weight excluding hydrogens is 362 g/mol. The van der Waals surface area contributed by atoms with Crippen molar-refractivity contribution in [2.45, 2.75) is 31.7 Å². The number of amides is 1. The third kappa shape index (κ3) is 3.66. The highest BCUT2D eigenvalue weighted by atomic mass is 32.1. The first-order valence-electron chi connectivity index (χ1n) is 9.65. The number of carbonyl (C=O) groups is 1. The van der Waals surface area contributed by atoms with E-state index in [1.54, 1.807) is 6.20 Å². The third-order valence-electron chi connectivity index (χ3n) is 5.51. The Morgan fingerprint density at radius 1 is 1.19 bits per heavy atom. The Hall–Kier alpha value is -2.12. The zero-order chi connectivity index (χ0) is 18.2. The number of piperidine rings is 1. The second kappa shape index (κ2) is 7.13. The van der Waals surface area contributed by atoms with Crippen molar-refractivity contribution in [1.82, 2.24) is 15.2 Å². The van der Waals surface area contributed by atoms with Crippen LogP contribution in [0.4, 0.5) is 0 Å². The van der Waals surface area contributed by atoms with Crippen LogP contribution in [0.2, 0.25) is 0 Å². The molecule has 6 nitrogen and oxygen atoms in total. The van der Waals surface area contributed by atoms with E-state index in [1.165, 1.54) is 24.2 Å². The summed E-state index contributed by atoms with van der Waals surface area (Å²) in [5.41, 5.74) is 0.950. The Morgan fingerprint density at radius 2 is 2.00 bits per heavy atom. The Bertz CT molecular complexity index is 841. The molecule has 3 heterocycles. The number of aromatic nitrogens is 1. The molecular formula is C20H23N3O3S. The molecule has 1 aromatic carbocycles. The zero-order valence-electron chi connectivity index (χ0n) is 15.1. The highest BCUT2D eigenvalue weighted by Crippen LogP contribution is 2.37. The molecule has 1 aliphatic carbocycles. The quantitative estimate of drug-likeness (QED) is 0.857. The summed E-state index contributed by atoms with van der Waals surface area (Å²) in [4.78, 5) is 20.0. The van der Waals surface area contributed by atoms with Crippen LogP contribution in [0, 0.1) is 5.92 Å². The number of rotatable bonds is 5. The number of thiazole rings is 1. The Labute approximate surface area is 162 Å². The molecule has 2 aliphatic heterocycles. The summed E-state index contributed by atoms with van der Waals surface area (Å²) >= 11 is 1.44. The number of ether oxygens (including phenoxy) is 2. The minimum absolute atomic E-state index is 0.0973. The lowest BCUT2D eigenvalue weighted by Crippen LogP contribution is -2.45. The van der Waals surface area contributed by atoms with Crippen molar-refractivity contribution in [2.24, 2.45) is 5.92 Å². The van der Waals surface area contributed by atoms with E-state index in [1.807, 2.05) is 23.1 Å². The fraction of sp³-hybridized carbons (Fsp3) is 0.500. The van der Waals surface area contributed by atoms with Gasteiger partial charge in [-0.05, 0) is 56.3 Å². The van der Waals surface area contributed by atoms with Gasteiger partial charge in [-0.3, -0.25) is 4.79 Å². The summed E-state index contributed by atoms with van der Waals surface area (Å²) in [5, 5.41) is 4.49. The topological polar surface area (TPSA) is 63.7 Å². The Morgan fingerprint density at radius 3 is 2.81 bits per heavy atom. The lowest BCUT2D eigenvalue weighted by atomic mass is 10.0. The van der Waals surface area contributed by atoms with Gasteiger partial charge in [0.15, 0.2) is 11.5 Å². The van der Waals surface area contributed by atoms with Gasteiger partial charge in [0.1, 0.15) is 9.88 Å². The molecule has 1 N–H and O–H groups in total. The number of hydrogen-bond acceptors (Lipinski definition) is 6. The fourth-order valence-electron chi connectivity index (χ4n) is 3.63. The maximum Gasteiger partial charge on any atom is 0.265 e. The van der Waals surface area contributed by atoms with Gasteiger partial charge in [-0.15, -0.1) is 11.3 Å². The summed E-state index contributed by atoms with van der Waals surface area (Å²) in [7, 11) is 0. The molecule has 0 spiro atoms. The van der Waals surface area contributed by atoms with Gasteiger partial charge in [0, 0.05) is 24.7 Å². The van der Waals surface area contributed by atoms with Crippen LogP contribution in [-0.4, -0.2) is 48.3 Å². The Balaban J connectivity index is 1.21. The second-order valence-electron chi connectivity index (χ2n) is 7.52. The maximum absolute atomic E-state index is 12.8. The molecule has 1 amide bonds. The normalized spacial score (nSPS) is 19.5.